The van der Waals surface area contributed by atoms with Crippen LogP contribution < -0.4 is 5.32 Å². The van der Waals surface area contributed by atoms with Crippen LogP contribution in [-0.4, -0.2) is 13.6 Å². The van der Waals surface area contributed by atoms with Gasteiger partial charge in [0, 0.05) is 4.47 Å². The fraction of sp³-hybridized carbons (Fsp3) is 0.647. The highest BCUT2D eigenvalue weighted by Crippen LogP contribution is 2.43. The van der Waals surface area contributed by atoms with E-state index in [9.17, 15) is 0 Å². The number of hydrogen-bond acceptors (Lipinski definition) is 1. The summed E-state index contributed by atoms with van der Waals surface area (Å²) in [4.78, 5) is 0. The molecule has 1 aliphatic carbocycles. The molecule has 0 spiro atoms. The predicted octanol–water partition coefficient (Wildman–Crippen LogP) is 4.65. The van der Waals surface area contributed by atoms with Crippen molar-refractivity contribution in [3.05, 3.63) is 34.3 Å². The first kappa shape index (κ1) is 15.1. The predicted molar refractivity (Wildman–Crippen MR) is 86.4 cm³/mol. The van der Waals surface area contributed by atoms with Gasteiger partial charge in [-0.1, -0.05) is 41.9 Å². The lowest BCUT2D eigenvalue weighted by atomic mass is 9.65. The molecule has 2 atom stereocenters. The van der Waals surface area contributed by atoms with Crippen LogP contribution in [0, 0.1) is 17.3 Å². The molecule has 106 valence electrons. The summed E-state index contributed by atoms with van der Waals surface area (Å²) >= 11 is 3.58. The van der Waals surface area contributed by atoms with Crippen LogP contribution in [0.15, 0.2) is 28.7 Å². The molecule has 0 amide bonds. The molecule has 0 heterocycles. The van der Waals surface area contributed by atoms with E-state index in [1.807, 2.05) is 0 Å². The molecule has 2 heteroatoms. The van der Waals surface area contributed by atoms with Crippen molar-refractivity contribution >= 4 is 15.9 Å². The highest BCUT2D eigenvalue weighted by molar-refractivity contribution is 9.10. The molecule has 0 radical (unpaired) electrons. The zero-order chi connectivity index (χ0) is 13.9. The van der Waals surface area contributed by atoms with Crippen molar-refractivity contribution in [1.82, 2.24) is 5.32 Å². The molecule has 1 fully saturated rings. The summed E-state index contributed by atoms with van der Waals surface area (Å²) in [5.74, 6) is 1.64. The van der Waals surface area contributed by atoms with Crippen LogP contribution in [0.1, 0.15) is 38.7 Å². The fourth-order valence-corrected chi connectivity index (χ4v) is 3.97. The van der Waals surface area contributed by atoms with Gasteiger partial charge in [-0.15, -0.1) is 0 Å². The van der Waals surface area contributed by atoms with Crippen molar-refractivity contribution in [3.8, 4) is 0 Å². The Labute approximate surface area is 126 Å². The van der Waals surface area contributed by atoms with E-state index in [1.165, 1.54) is 35.7 Å². The van der Waals surface area contributed by atoms with Gasteiger partial charge in [-0.25, -0.2) is 0 Å². The maximum atomic E-state index is 3.58. The number of nitrogens with one attached hydrogen (secondary N) is 1. The third kappa shape index (κ3) is 4.32. The molecule has 1 aromatic carbocycles. The smallest absolute Gasteiger partial charge is 0.0177 e. The third-order valence-corrected chi connectivity index (χ3v) is 5.02. The second kappa shape index (κ2) is 6.41. The van der Waals surface area contributed by atoms with Gasteiger partial charge in [0.05, 0.1) is 0 Å². The molecule has 19 heavy (non-hydrogen) atoms. The monoisotopic (exact) mass is 323 g/mol. The third-order valence-electron chi connectivity index (χ3n) is 4.53. The Morgan fingerprint density at radius 1 is 1.32 bits per heavy atom. The molecule has 0 aliphatic heterocycles. The first-order valence-electron chi connectivity index (χ1n) is 7.39. The van der Waals surface area contributed by atoms with Crippen LogP contribution in [-0.2, 0) is 6.42 Å². The van der Waals surface area contributed by atoms with Gasteiger partial charge in [-0.05, 0) is 74.2 Å². The van der Waals surface area contributed by atoms with Crippen LogP contribution in [0.3, 0.4) is 0 Å². The van der Waals surface area contributed by atoms with Gasteiger partial charge < -0.3 is 5.32 Å². The second-order valence-corrected chi connectivity index (χ2v) is 7.73. The van der Waals surface area contributed by atoms with E-state index in [0.29, 0.717) is 5.41 Å². The highest BCUT2D eigenvalue weighted by atomic mass is 79.9. The molecule has 1 saturated carbocycles. The number of rotatable bonds is 4. The minimum Gasteiger partial charge on any atom is -0.319 e. The van der Waals surface area contributed by atoms with Crippen molar-refractivity contribution in [2.45, 2.75) is 39.5 Å². The van der Waals surface area contributed by atoms with Crippen LogP contribution >= 0.6 is 15.9 Å². The van der Waals surface area contributed by atoms with Gasteiger partial charge in [-0.2, -0.15) is 0 Å². The zero-order valence-corrected chi connectivity index (χ0v) is 14.0. The van der Waals surface area contributed by atoms with E-state index in [0.717, 1.165) is 18.4 Å². The number of halogens is 1. The molecule has 0 bridgehead atoms. The van der Waals surface area contributed by atoms with Crippen molar-refractivity contribution in [1.29, 1.82) is 0 Å². The lowest BCUT2D eigenvalue weighted by molar-refractivity contribution is 0.117. The van der Waals surface area contributed by atoms with Crippen molar-refractivity contribution < 1.29 is 0 Å². The molecule has 0 saturated heterocycles. The molecular weight excluding hydrogens is 298 g/mol. The van der Waals surface area contributed by atoms with Crippen molar-refractivity contribution in [3.63, 3.8) is 0 Å². The fourth-order valence-electron chi connectivity index (χ4n) is 3.53. The lowest BCUT2D eigenvalue weighted by Gasteiger charge is -2.41. The van der Waals surface area contributed by atoms with Gasteiger partial charge in [-0.3, -0.25) is 0 Å². The minimum absolute atomic E-state index is 0.515. The Morgan fingerprint density at radius 2 is 2.11 bits per heavy atom. The van der Waals surface area contributed by atoms with Crippen molar-refractivity contribution in [2.24, 2.45) is 17.3 Å². The summed E-state index contributed by atoms with van der Waals surface area (Å²) in [5, 5.41) is 3.38. The zero-order valence-electron chi connectivity index (χ0n) is 12.4. The van der Waals surface area contributed by atoms with Crippen LogP contribution in [0.25, 0.3) is 0 Å². The Morgan fingerprint density at radius 3 is 2.79 bits per heavy atom. The molecule has 0 aromatic heterocycles. The summed E-state index contributed by atoms with van der Waals surface area (Å²) in [5.41, 5.74) is 1.99. The average molecular weight is 324 g/mol. The average Bonchev–Trinajstić information content (AvgIpc) is 2.32. The van der Waals surface area contributed by atoms with E-state index in [1.54, 1.807) is 0 Å². The molecule has 1 aliphatic rings. The molecule has 2 rings (SSSR count). The summed E-state index contributed by atoms with van der Waals surface area (Å²) in [6, 6.07) is 8.81. The Kier molecular flexibility index (Phi) is 5.08. The van der Waals surface area contributed by atoms with Crippen LogP contribution in [0.5, 0.6) is 0 Å². The van der Waals surface area contributed by atoms with Gasteiger partial charge in [0.1, 0.15) is 0 Å². The molecule has 1 aromatic rings. The number of benzene rings is 1. The largest absolute Gasteiger partial charge is 0.319 e. The molecule has 1 nitrogen and oxygen atoms in total. The van der Waals surface area contributed by atoms with Gasteiger partial charge in [0.15, 0.2) is 0 Å². The van der Waals surface area contributed by atoms with Crippen molar-refractivity contribution in [2.75, 3.05) is 13.6 Å². The minimum atomic E-state index is 0.515. The van der Waals surface area contributed by atoms with E-state index in [-0.39, 0.29) is 0 Å². The van der Waals surface area contributed by atoms with E-state index >= 15 is 0 Å². The van der Waals surface area contributed by atoms with E-state index < -0.39 is 0 Å². The maximum absolute atomic E-state index is 3.58. The normalized spacial score (nSPS) is 26.3. The van der Waals surface area contributed by atoms with Gasteiger partial charge in [0.2, 0.25) is 0 Å². The number of hydrogen-bond donors (Lipinski definition) is 1. The maximum Gasteiger partial charge on any atom is 0.0177 e. The highest BCUT2D eigenvalue weighted by Gasteiger charge is 2.34. The van der Waals surface area contributed by atoms with Crippen LogP contribution in [0.4, 0.5) is 0 Å². The standard InChI is InChI=1S/C17H26BrN/c1-17(2)8-7-14(12-19-3)15(11-17)9-13-5-4-6-16(18)10-13/h4-6,10,14-15,19H,7-9,11-12H2,1-3H3. The topological polar surface area (TPSA) is 12.0 Å². The molecule has 1 N–H and O–H groups in total. The van der Waals surface area contributed by atoms with E-state index in [4.69, 9.17) is 0 Å². The quantitative estimate of drug-likeness (QED) is 0.850. The van der Waals surface area contributed by atoms with Crippen LogP contribution in [0.2, 0.25) is 0 Å². The summed E-state index contributed by atoms with van der Waals surface area (Å²) in [7, 11) is 2.08. The van der Waals surface area contributed by atoms with Gasteiger partial charge >= 0.3 is 0 Å². The molecular formula is C17H26BrN. The summed E-state index contributed by atoms with van der Waals surface area (Å²) in [6.45, 7) is 6.02. The Bertz CT molecular complexity index is 413. The summed E-state index contributed by atoms with van der Waals surface area (Å²) in [6.07, 6.45) is 5.31. The lowest BCUT2D eigenvalue weighted by Crippen LogP contribution is -2.36. The van der Waals surface area contributed by atoms with E-state index in [2.05, 4.69) is 66.4 Å². The first-order chi connectivity index (χ1) is 9.00. The Balaban J connectivity index is 2.09. The SMILES string of the molecule is CNCC1CCC(C)(C)CC1Cc1cccc(Br)c1. The Hall–Kier alpha value is -0.340. The first-order valence-corrected chi connectivity index (χ1v) is 8.18. The second-order valence-electron chi connectivity index (χ2n) is 6.82. The summed E-state index contributed by atoms with van der Waals surface area (Å²) < 4.78 is 1.20. The van der Waals surface area contributed by atoms with Gasteiger partial charge in [0.25, 0.3) is 0 Å². The molecule has 2 unspecified atom stereocenters.